The summed E-state index contributed by atoms with van der Waals surface area (Å²) in [5, 5.41) is 0. The van der Waals surface area contributed by atoms with Crippen molar-refractivity contribution in [1.82, 2.24) is 0 Å². The van der Waals surface area contributed by atoms with Crippen LogP contribution in [0.3, 0.4) is 0 Å². The first-order valence-electron chi connectivity index (χ1n) is 1.22. The highest BCUT2D eigenvalue weighted by molar-refractivity contribution is 8.08. The van der Waals surface area contributed by atoms with E-state index < -0.39 is 12.0 Å². The van der Waals surface area contributed by atoms with Crippen LogP contribution in [0.1, 0.15) is 0 Å². The SMILES string of the molecule is O=P(Cl)(Cl)C(F)F. The molecule has 0 aromatic heterocycles. The fourth-order valence-electron chi connectivity index (χ4n) is 0. The predicted molar refractivity (Wildman–Crippen MR) is 25.3 cm³/mol. The lowest BCUT2D eigenvalue weighted by molar-refractivity contribution is 0.239. The highest BCUT2D eigenvalue weighted by atomic mass is 35.9. The fourth-order valence-corrected chi connectivity index (χ4v) is 0. The van der Waals surface area contributed by atoms with Gasteiger partial charge in [0.15, 0.2) is 0 Å². The summed E-state index contributed by atoms with van der Waals surface area (Å²) in [5.41, 5.74) is 0. The van der Waals surface area contributed by atoms with Gasteiger partial charge in [-0.15, -0.1) is 0 Å². The van der Waals surface area contributed by atoms with Gasteiger partial charge in [-0.05, 0) is 22.5 Å². The Bertz CT molecular complexity index is 97.9. The number of hydrogen-bond acceptors (Lipinski definition) is 1. The van der Waals surface area contributed by atoms with Crippen LogP contribution in [0.2, 0.25) is 0 Å². The topological polar surface area (TPSA) is 17.1 Å². The molecule has 0 aromatic carbocycles. The lowest BCUT2D eigenvalue weighted by Gasteiger charge is -1.94. The molecule has 0 atom stereocenters. The quantitative estimate of drug-likeness (QED) is 0.551. The van der Waals surface area contributed by atoms with Crippen molar-refractivity contribution in [3.63, 3.8) is 0 Å². The molecular formula is CHCl2F2OP. The van der Waals surface area contributed by atoms with E-state index in [9.17, 15) is 13.3 Å². The average Bonchev–Trinajstić information content (AvgIpc) is 1.31. The summed E-state index contributed by atoms with van der Waals surface area (Å²) < 4.78 is 31.7. The molecule has 0 amide bonds. The minimum Gasteiger partial charge on any atom is -0.283 e. The van der Waals surface area contributed by atoms with Crippen molar-refractivity contribution in [1.29, 1.82) is 0 Å². The van der Waals surface area contributed by atoms with Crippen LogP contribution < -0.4 is 0 Å². The second-order valence-corrected chi connectivity index (χ2v) is 5.71. The molecule has 0 spiro atoms. The Hall–Kier alpha value is 0.670. The lowest BCUT2D eigenvalue weighted by atomic mass is 11.7. The molecule has 0 heterocycles. The van der Waals surface area contributed by atoms with Gasteiger partial charge < -0.3 is 0 Å². The Morgan fingerprint density at radius 1 is 1.43 bits per heavy atom. The maximum Gasteiger partial charge on any atom is 0.317 e. The molecule has 0 radical (unpaired) electrons. The van der Waals surface area contributed by atoms with E-state index in [1.54, 1.807) is 0 Å². The molecule has 7 heavy (non-hydrogen) atoms. The zero-order valence-corrected chi connectivity index (χ0v) is 5.35. The van der Waals surface area contributed by atoms with Gasteiger partial charge in [0, 0.05) is 0 Å². The van der Waals surface area contributed by atoms with Gasteiger partial charge >= 0.3 is 12.0 Å². The van der Waals surface area contributed by atoms with Crippen LogP contribution in [0.15, 0.2) is 0 Å². The van der Waals surface area contributed by atoms with E-state index in [2.05, 4.69) is 22.5 Å². The van der Waals surface area contributed by atoms with Crippen molar-refractivity contribution < 1.29 is 13.3 Å². The second kappa shape index (κ2) is 2.29. The molecule has 0 saturated heterocycles. The minimum absolute atomic E-state index is 3.11. The molecule has 0 N–H and O–H groups in total. The van der Waals surface area contributed by atoms with Gasteiger partial charge in [0.05, 0.1) is 0 Å². The van der Waals surface area contributed by atoms with Gasteiger partial charge in [0.1, 0.15) is 0 Å². The normalized spacial score (nSPS) is 12.7. The summed E-state index contributed by atoms with van der Waals surface area (Å²) in [7, 11) is 0. The van der Waals surface area contributed by atoms with E-state index in [-0.39, 0.29) is 0 Å². The number of alkyl halides is 2. The maximum atomic E-state index is 11.0. The molecule has 0 aliphatic heterocycles. The lowest BCUT2D eigenvalue weighted by Crippen LogP contribution is -1.77. The Labute approximate surface area is 48.6 Å². The molecule has 0 unspecified atom stereocenters. The van der Waals surface area contributed by atoms with Gasteiger partial charge in [-0.3, -0.25) is 4.57 Å². The summed E-state index contributed by atoms with van der Waals surface area (Å²) in [6.07, 6.45) is -3.11. The molecule has 0 aliphatic carbocycles. The van der Waals surface area contributed by atoms with Gasteiger partial charge in [0.2, 0.25) is 0 Å². The second-order valence-electron chi connectivity index (χ2n) is 0.780. The molecule has 0 fully saturated rings. The van der Waals surface area contributed by atoms with E-state index >= 15 is 0 Å². The third kappa shape index (κ3) is 3.27. The van der Waals surface area contributed by atoms with Gasteiger partial charge in [0.25, 0.3) is 0 Å². The zero-order chi connectivity index (χ0) is 6.08. The van der Waals surface area contributed by atoms with Crippen molar-refractivity contribution in [3.05, 3.63) is 0 Å². The third-order valence-electron chi connectivity index (χ3n) is 0.227. The molecule has 0 aromatic rings. The van der Waals surface area contributed by atoms with E-state index in [0.717, 1.165) is 0 Å². The van der Waals surface area contributed by atoms with E-state index in [1.165, 1.54) is 0 Å². The van der Waals surface area contributed by atoms with Crippen LogP contribution in [-0.2, 0) is 4.57 Å². The van der Waals surface area contributed by atoms with E-state index in [0.29, 0.717) is 0 Å². The van der Waals surface area contributed by atoms with E-state index in [4.69, 9.17) is 0 Å². The van der Waals surface area contributed by atoms with Crippen molar-refractivity contribution in [2.45, 2.75) is 6.17 Å². The van der Waals surface area contributed by atoms with Crippen LogP contribution in [0.25, 0.3) is 0 Å². The summed E-state index contributed by atoms with van der Waals surface area (Å²) in [5.74, 6) is -4.13. The molecular weight excluding hydrogens is 168 g/mol. The Balaban J connectivity index is 3.80. The predicted octanol–water partition coefficient (Wildman–Crippen LogP) is 2.88. The smallest absolute Gasteiger partial charge is 0.283 e. The first kappa shape index (κ1) is 7.67. The number of hydrogen-bond donors (Lipinski definition) is 0. The van der Waals surface area contributed by atoms with Crippen molar-refractivity contribution >= 4 is 28.3 Å². The molecule has 0 bridgehead atoms. The van der Waals surface area contributed by atoms with Gasteiger partial charge in [-0.1, -0.05) is 0 Å². The number of rotatable bonds is 1. The zero-order valence-electron chi connectivity index (χ0n) is 2.94. The minimum atomic E-state index is -4.13. The summed E-state index contributed by atoms with van der Waals surface area (Å²) in [6, 6.07) is 0. The molecule has 1 nitrogen and oxygen atoms in total. The maximum absolute atomic E-state index is 11.0. The van der Waals surface area contributed by atoms with Crippen molar-refractivity contribution in [3.8, 4) is 0 Å². The third-order valence-corrected chi connectivity index (χ3v) is 1.57. The highest BCUT2D eigenvalue weighted by Gasteiger charge is 2.27. The van der Waals surface area contributed by atoms with Crippen LogP contribution in [0.4, 0.5) is 8.78 Å². The number of halogens is 4. The fraction of sp³-hybridized carbons (Fsp3) is 1.00. The van der Waals surface area contributed by atoms with Crippen LogP contribution in [0, 0.1) is 0 Å². The van der Waals surface area contributed by atoms with Crippen molar-refractivity contribution in [2.24, 2.45) is 0 Å². The van der Waals surface area contributed by atoms with Crippen LogP contribution >= 0.6 is 28.3 Å². The molecule has 0 aliphatic rings. The Morgan fingerprint density at radius 3 is 1.57 bits per heavy atom. The molecule has 6 heteroatoms. The largest absolute Gasteiger partial charge is 0.317 e. The van der Waals surface area contributed by atoms with Gasteiger partial charge in [-0.25, -0.2) is 0 Å². The molecule has 44 valence electrons. The van der Waals surface area contributed by atoms with Crippen LogP contribution in [0.5, 0.6) is 0 Å². The Morgan fingerprint density at radius 2 is 1.57 bits per heavy atom. The first-order chi connectivity index (χ1) is 2.94. The van der Waals surface area contributed by atoms with Crippen molar-refractivity contribution in [2.75, 3.05) is 0 Å². The summed E-state index contributed by atoms with van der Waals surface area (Å²) >= 11 is 8.88. The highest BCUT2D eigenvalue weighted by Crippen LogP contribution is 2.61. The van der Waals surface area contributed by atoms with E-state index in [1.807, 2.05) is 0 Å². The average molecular weight is 169 g/mol. The molecule has 0 rings (SSSR count). The standard InChI is InChI=1S/CHCl2F2OP/c2-7(3,6)1(4)5/h1H. The molecule has 0 saturated carbocycles. The van der Waals surface area contributed by atoms with Gasteiger partial charge in [-0.2, -0.15) is 8.78 Å². The summed E-state index contributed by atoms with van der Waals surface area (Å²) in [4.78, 5) is 0. The van der Waals surface area contributed by atoms with Crippen LogP contribution in [-0.4, -0.2) is 6.17 Å². The monoisotopic (exact) mass is 168 g/mol. The summed E-state index contributed by atoms with van der Waals surface area (Å²) in [6.45, 7) is 0. The first-order valence-corrected chi connectivity index (χ1v) is 4.80. The Kier molecular flexibility index (Phi) is 2.51.